The van der Waals surface area contributed by atoms with Crippen molar-refractivity contribution in [1.82, 2.24) is 0 Å². The Morgan fingerprint density at radius 2 is 1.70 bits per heavy atom. The van der Waals surface area contributed by atoms with Gasteiger partial charge < -0.3 is 14.2 Å². The van der Waals surface area contributed by atoms with Crippen LogP contribution in [0.15, 0.2) is 23.4 Å². The summed E-state index contributed by atoms with van der Waals surface area (Å²) in [6.07, 6.45) is 5.84. The zero-order valence-electron chi connectivity index (χ0n) is 23.6. The fourth-order valence-electron chi connectivity index (χ4n) is 6.47. The SMILES string of the molecule is COc1cc(C2C3=C(CC(C)(C)CC3=O)N(c3sc4c(c3C#N)CCCCC4)C(=N)C2C#N)cc(OC)c1OC. The van der Waals surface area contributed by atoms with Crippen molar-refractivity contribution in [1.29, 1.82) is 15.9 Å². The lowest BCUT2D eigenvalue weighted by atomic mass is 9.66. The molecule has 1 N–H and O–H groups in total. The molecule has 2 heterocycles. The van der Waals surface area contributed by atoms with Gasteiger partial charge in [0, 0.05) is 28.5 Å². The van der Waals surface area contributed by atoms with Crippen LogP contribution in [0.2, 0.25) is 0 Å². The number of fused-ring (bicyclic) bond motifs is 1. The van der Waals surface area contributed by atoms with E-state index in [1.54, 1.807) is 28.4 Å². The Kier molecular flexibility index (Phi) is 7.37. The molecule has 9 heteroatoms. The molecule has 3 aliphatic rings. The van der Waals surface area contributed by atoms with Crippen LogP contribution < -0.4 is 19.1 Å². The molecule has 0 radical (unpaired) electrons. The predicted molar refractivity (Wildman–Crippen MR) is 153 cm³/mol. The number of thiophene rings is 1. The van der Waals surface area contributed by atoms with Crippen LogP contribution in [0.3, 0.4) is 0 Å². The highest BCUT2D eigenvalue weighted by atomic mass is 32.1. The number of carbonyl (C=O) groups excluding carboxylic acids is 1. The summed E-state index contributed by atoms with van der Waals surface area (Å²) in [4.78, 5) is 16.9. The number of allylic oxidation sites excluding steroid dienone is 2. The second kappa shape index (κ2) is 10.6. The number of anilines is 1. The molecule has 0 fully saturated rings. The molecule has 2 atom stereocenters. The van der Waals surface area contributed by atoms with E-state index in [9.17, 15) is 20.7 Å². The molecule has 0 saturated carbocycles. The standard InChI is InChI=1S/C31H34N4O4S/c1-31(2)13-21-27(22(36)14-31)26(17-11-23(37-3)28(39-5)24(12-17)38-4)20(16-33)29(34)35(21)30-19(15-32)18-9-7-6-8-10-25(18)40-30/h11-12,20,26,34H,6-10,13-14H2,1-5H3. The third kappa shape index (κ3) is 4.43. The summed E-state index contributed by atoms with van der Waals surface area (Å²) in [6.45, 7) is 4.10. The first-order valence-corrected chi connectivity index (χ1v) is 14.4. The van der Waals surface area contributed by atoms with E-state index in [1.807, 2.05) is 0 Å². The maximum absolute atomic E-state index is 14.0. The van der Waals surface area contributed by atoms with Gasteiger partial charge in [-0.15, -0.1) is 11.3 Å². The molecule has 0 bridgehead atoms. The number of Topliss-reactive ketones (excluding diaryl/α,β-unsaturated/α-hetero) is 1. The van der Waals surface area contributed by atoms with Gasteiger partial charge in [0.1, 0.15) is 22.8 Å². The summed E-state index contributed by atoms with van der Waals surface area (Å²) in [5, 5.41) is 30.9. The minimum Gasteiger partial charge on any atom is -0.493 e. The summed E-state index contributed by atoms with van der Waals surface area (Å²) < 4.78 is 16.7. The molecule has 8 nitrogen and oxygen atoms in total. The lowest BCUT2D eigenvalue weighted by Crippen LogP contribution is -2.48. The van der Waals surface area contributed by atoms with Crippen LogP contribution in [0, 0.1) is 39.4 Å². The summed E-state index contributed by atoms with van der Waals surface area (Å²) in [6, 6.07) is 8.31. The summed E-state index contributed by atoms with van der Waals surface area (Å²) in [7, 11) is 4.57. The number of aryl methyl sites for hydroxylation is 1. The molecule has 1 aromatic heterocycles. The zero-order chi connectivity index (χ0) is 28.8. The van der Waals surface area contributed by atoms with Gasteiger partial charge in [0.15, 0.2) is 17.3 Å². The fraction of sp³-hybridized carbons (Fsp3) is 0.484. The highest BCUT2D eigenvalue weighted by Gasteiger charge is 2.49. The highest BCUT2D eigenvalue weighted by molar-refractivity contribution is 7.16. The molecule has 208 valence electrons. The molecule has 0 amide bonds. The number of rotatable bonds is 5. The van der Waals surface area contributed by atoms with Crippen molar-refractivity contribution >= 4 is 28.0 Å². The van der Waals surface area contributed by atoms with Gasteiger partial charge >= 0.3 is 0 Å². The van der Waals surface area contributed by atoms with Gasteiger partial charge in [0.2, 0.25) is 5.75 Å². The third-order valence-corrected chi connectivity index (χ3v) is 9.53. The summed E-state index contributed by atoms with van der Waals surface area (Å²) in [5.74, 6) is -0.356. The monoisotopic (exact) mass is 558 g/mol. The van der Waals surface area contributed by atoms with Crippen LogP contribution >= 0.6 is 11.3 Å². The number of nitriles is 2. The van der Waals surface area contributed by atoms with E-state index in [4.69, 9.17) is 14.2 Å². The Morgan fingerprint density at radius 1 is 1.02 bits per heavy atom. The lowest BCUT2D eigenvalue weighted by molar-refractivity contribution is -0.118. The number of benzene rings is 1. The molecule has 2 aromatic rings. The number of nitrogens with one attached hydrogen (secondary N) is 1. The van der Waals surface area contributed by atoms with Crippen LogP contribution in [0.4, 0.5) is 5.00 Å². The Hall–Kier alpha value is -3.82. The number of hydrogen-bond acceptors (Lipinski definition) is 8. The first kappa shape index (κ1) is 27.7. The molecular formula is C31H34N4O4S. The predicted octanol–water partition coefficient (Wildman–Crippen LogP) is 6.28. The smallest absolute Gasteiger partial charge is 0.203 e. The van der Waals surface area contributed by atoms with Crippen molar-refractivity contribution in [2.75, 3.05) is 26.2 Å². The van der Waals surface area contributed by atoms with E-state index in [2.05, 4.69) is 26.0 Å². The molecule has 0 spiro atoms. The first-order valence-electron chi connectivity index (χ1n) is 13.6. The number of ether oxygens (including phenoxy) is 3. The second-order valence-electron chi connectivity index (χ2n) is 11.4. The maximum atomic E-state index is 14.0. The number of ketones is 1. The summed E-state index contributed by atoms with van der Waals surface area (Å²) >= 11 is 1.55. The topological polar surface area (TPSA) is 119 Å². The molecule has 0 saturated heterocycles. The van der Waals surface area contributed by atoms with Crippen molar-refractivity contribution in [3.8, 4) is 29.4 Å². The van der Waals surface area contributed by atoms with Crippen LogP contribution in [-0.4, -0.2) is 32.9 Å². The van der Waals surface area contributed by atoms with E-state index in [1.165, 1.54) is 26.2 Å². The zero-order valence-corrected chi connectivity index (χ0v) is 24.5. The number of methoxy groups -OCH3 is 3. The van der Waals surface area contributed by atoms with Gasteiger partial charge in [-0.25, -0.2) is 0 Å². The maximum Gasteiger partial charge on any atom is 0.203 e. The van der Waals surface area contributed by atoms with Crippen molar-refractivity contribution in [2.45, 2.75) is 64.7 Å². The summed E-state index contributed by atoms with van der Waals surface area (Å²) in [5.41, 5.74) is 3.20. The van der Waals surface area contributed by atoms with Gasteiger partial charge in [-0.2, -0.15) is 10.5 Å². The Balaban J connectivity index is 1.78. The number of amidine groups is 1. The fourth-order valence-corrected chi connectivity index (χ4v) is 7.85. The van der Waals surface area contributed by atoms with E-state index in [0.717, 1.165) is 37.7 Å². The minimum absolute atomic E-state index is 0.0422. The average Bonchev–Trinajstić information content (AvgIpc) is 3.10. The molecule has 1 aromatic carbocycles. The van der Waals surface area contributed by atoms with E-state index >= 15 is 0 Å². The van der Waals surface area contributed by atoms with Gasteiger partial charge in [-0.1, -0.05) is 20.3 Å². The Bertz CT molecular complexity index is 1480. The van der Waals surface area contributed by atoms with Gasteiger partial charge in [0.05, 0.1) is 33.0 Å². The normalized spacial score (nSPS) is 22.0. The van der Waals surface area contributed by atoms with Crippen LogP contribution in [-0.2, 0) is 17.6 Å². The van der Waals surface area contributed by atoms with Crippen LogP contribution in [0.5, 0.6) is 17.2 Å². The van der Waals surface area contributed by atoms with E-state index in [-0.39, 0.29) is 17.0 Å². The number of nitrogens with zero attached hydrogens (tertiary/aromatic N) is 3. The van der Waals surface area contributed by atoms with E-state index in [0.29, 0.717) is 57.5 Å². The largest absolute Gasteiger partial charge is 0.493 e. The number of carbonyl (C=O) groups is 1. The van der Waals surface area contributed by atoms with Gasteiger partial charge in [-0.05, 0) is 60.8 Å². The highest BCUT2D eigenvalue weighted by Crippen LogP contribution is 2.54. The van der Waals surface area contributed by atoms with Crippen molar-refractivity contribution in [3.05, 3.63) is 45.0 Å². The van der Waals surface area contributed by atoms with Crippen molar-refractivity contribution < 1.29 is 19.0 Å². The quantitative estimate of drug-likeness (QED) is 0.429. The third-order valence-electron chi connectivity index (χ3n) is 8.25. The molecule has 1 aliphatic heterocycles. The molecule has 40 heavy (non-hydrogen) atoms. The molecule has 5 rings (SSSR count). The van der Waals surface area contributed by atoms with Gasteiger partial charge in [0.25, 0.3) is 0 Å². The average molecular weight is 559 g/mol. The van der Waals surface area contributed by atoms with Crippen molar-refractivity contribution in [3.63, 3.8) is 0 Å². The lowest BCUT2D eigenvalue weighted by Gasteiger charge is -2.45. The Morgan fingerprint density at radius 3 is 2.30 bits per heavy atom. The van der Waals surface area contributed by atoms with E-state index < -0.39 is 11.8 Å². The van der Waals surface area contributed by atoms with Crippen molar-refractivity contribution in [2.24, 2.45) is 11.3 Å². The van der Waals surface area contributed by atoms with Crippen LogP contribution in [0.25, 0.3) is 0 Å². The molecule has 2 aliphatic carbocycles. The molecule has 2 unspecified atom stereocenters. The second-order valence-corrected chi connectivity index (χ2v) is 12.5. The molecular weight excluding hydrogens is 524 g/mol. The Labute approximate surface area is 239 Å². The minimum atomic E-state index is -0.958. The first-order chi connectivity index (χ1) is 19.2. The van der Waals surface area contributed by atoms with Gasteiger partial charge in [-0.3, -0.25) is 15.1 Å². The van der Waals surface area contributed by atoms with Crippen LogP contribution in [0.1, 0.15) is 73.4 Å². The number of hydrogen-bond donors (Lipinski definition) is 1.